The van der Waals surface area contributed by atoms with E-state index in [4.69, 9.17) is 20.8 Å². The van der Waals surface area contributed by atoms with Gasteiger partial charge in [0.05, 0.1) is 5.39 Å². The zero-order chi connectivity index (χ0) is 19.3. The molecule has 1 aromatic carbocycles. The van der Waals surface area contributed by atoms with Crippen molar-refractivity contribution in [3.8, 4) is 0 Å². The second-order valence-electron chi connectivity index (χ2n) is 5.84. The van der Waals surface area contributed by atoms with Gasteiger partial charge in [-0.3, -0.25) is 14.9 Å². The van der Waals surface area contributed by atoms with Gasteiger partial charge in [0, 0.05) is 17.6 Å². The lowest BCUT2D eigenvalue weighted by Crippen LogP contribution is -2.42. The molecule has 3 amide bonds. The number of rotatable bonds is 5. The highest BCUT2D eigenvalue weighted by Crippen LogP contribution is 2.17. The van der Waals surface area contributed by atoms with Crippen molar-refractivity contribution in [2.45, 2.75) is 13.8 Å². The molecule has 0 fully saturated rings. The van der Waals surface area contributed by atoms with Crippen molar-refractivity contribution >= 4 is 40.5 Å². The van der Waals surface area contributed by atoms with Gasteiger partial charge in [-0.25, -0.2) is 9.59 Å². The third kappa shape index (κ3) is 5.32. The second kappa shape index (κ2) is 8.48. The molecule has 0 radical (unpaired) electrons. The number of carbonyl (C=O) groups is 3. The Bertz CT molecular complexity index is 906. The summed E-state index contributed by atoms with van der Waals surface area (Å²) in [6.45, 7) is 3.49. The first-order valence-corrected chi connectivity index (χ1v) is 8.12. The minimum atomic E-state index is -1.00. The van der Waals surface area contributed by atoms with Crippen molar-refractivity contribution in [3.63, 3.8) is 0 Å². The normalized spacial score (nSPS) is 10.6. The zero-order valence-corrected chi connectivity index (χ0v) is 14.9. The van der Waals surface area contributed by atoms with Crippen LogP contribution in [-0.4, -0.2) is 31.1 Å². The molecule has 0 saturated heterocycles. The molecule has 0 aliphatic carbocycles. The maximum absolute atomic E-state index is 12.0. The summed E-state index contributed by atoms with van der Waals surface area (Å²) in [6, 6.07) is 4.64. The molecule has 0 atom stereocenters. The van der Waals surface area contributed by atoms with Crippen LogP contribution in [0.5, 0.6) is 0 Å². The van der Waals surface area contributed by atoms with Crippen LogP contribution in [0.3, 0.4) is 0 Å². The van der Waals surface area contributed by atoms with Crippen LogP contribution in [0.2, 0.25) is 5.02 Å². The number of nitrogens with one attached hydrogen (secondary N) is 2. The van der Waals surface area contributed by atoms with E-state index >= 15 is 0 Å². The lowest BCUT2D eigenvalue weighted by atomic mass is 10.2. The Morgan fingerprint density at radius 1 is 1.23 bits per heavy atom. The monoisotopic (exact) mass is 380 g/mol. The number of esters is 1. The van der Waals surface area contributed by atoms with Crippen molar-refractivity contribution in [1.29, 1.82) is 0 Å². The fourth-order valence-corrected chi connectivity index (χ4v) is 2.11. The van der Waals surface area contributed by atoms with E-state index in [1.165, 1.54) is 18.2 Å². The maximum Gasteiger partial charge on any atom is 0.374 e. The lowest BCUT2D eigenvalue weighted by molar-refractivity contribution is -0.123. The Morgan fingerprint density at radius 3 is 2.65 bits per heavy atom. The molecule has 8 nitrogen and oxygen atoms in total. The highest BCUT2D eigenvalue weighted by Gasteiger charge is 2.16. The van der Waals surface area contributed by atoms with Gasteiger partial charge >= 0.3 is 12.0 Å². The molecule has 0 saturated carbocycles. The second-order valence-corrected chi connectivity index (χ2v) is 6.28. The third-order valence-corrected chi connectivity index (χ3v) is 3.38. The van der Waals surface area contributed by atoms with E-state index < -0.39 is 29.9 Å². The van der Waals surface area contributed by atoms with Crippen molar-refractivity contribution in [2.75, 3.05) is 13.2 Å². The quantitative estimate of drug-likeness (QED) is 0.767. The Kier molecular flexibility index (Phi) is 6.35. The van der Waals surface area contributed by atoms with Gasteiger partial charge in [0.25, 0.3) is 5.91 Å². The van der Waals surface area contributed by atoms with Crippen LogP contribution in [0.15, 0.2) is 33.5 Å². The number of halogens is 1. The molecule has 0 spiro atoms. The molecule has 0 aliphatic heterocycles. The van der Waals surface area contributed by atoms with Crippen LogP contribution < -0.4 is 16.1 Å². The topological polar surface area (TPSA) is 115 Å². The number of benzene rings is 1. The highest BCUT2D eigenvalue weighted by molar-refractivity contribution is 6.31. The fraction of sp³-hybridized carbons (Fsp3) is 0.294. The average Bonchev–Trinajstić information content (AvgIpc) is 2.58. The van der Waals surface area contributed by atoms with Gasteiger partial charge in [-0.2, -0.15) is 0 Å². The summed E-state index contributed by atoms with van der Waals surface area (Å²) in [5, 5.41) is 5.07. The number of amides is 3. The summed E-state index contributed by atoms with van der Waals surface area (Å²) in [5.41, 5.74) is -0.315. The van der Waals surface area contributed by atoms with E-state index in [0.717, 1.165) is 6.07 Å². The summed E-state index contributed by atoms with van der Waals surface area (Å²) in [5.74, 6) is -1.95. The van der Waals surface area contributed by atoms with Gasteiger partial charge in [-0.1, -0.05) is 25.4 Å². The Balaban J connectivity index is 1.96. The highest BCUT2D eigenvalue weighted by atomic mass is 35.5. The molecule has 2 N–H and O–H groups in total. The number of imide groups is 1. The largest absolute Gasteiger partial charge is 0.450 e. The van der Waals surface area contributed by atoms with E-state index in [1.54, 1.807) is 0 Å². The molecule has 1 aromatic heterocycles. The van der Waals surface area contributed by atoms with Crippen LogP contribution in [0.1, 0.15) is 24.4 Å². The summed E-state index contributed by atoms with van der Waals surface area (Å²) < 4.78 is 10.0. The first-order chi connectivity index (χ1) is 12.3. The summed E-state index contributed by atoms with van der Waals surface area (Å²) >= 11 is 5.81. The minimum Gasteiger partial charge on any atom is -0.450 e. The first kappa shape index (κ1) is 19.5. The van der Waals surface area contributed by atoms with E-state index in [1.807, 2.05) is 19.2 Å². The van der Waals surface area contributed by atoms with Crippen molar-refractivity contribution in [3.05, 3.63) is 45.3 Å². The SMILES string of the molecule is CC(C)CNC(=O)NC(=O)COC(=O)c1cc(=O)c2cc(Cl)ccc2o1. The van der Waals surface area contributed by atoms with E-state index in [2.05, 4.69) is 5.32 Å². The summed E-state index contributed by atoms with van der Waals surface area (Å²) in [7, 11) is 0. The Hall–Kier alpha value is -2.87. The zero-order valence-electron chi connectivity index (χ0n) is 14.1. The molecule has 0 unspecified atom stereocenters. The van der Waals surface area contributed by atoms with Gasteiger partial charge in [-0.05, 0) is 24.1 Å². The standard InChI is InChI=1S/C17H17ClN2O6/c1-9(2)7-19-17(24)20-15(22)8-25-16(23)14-6-12(21)11-5-10(18)3-4-13(11)26-14/h3-6,9H,7-8H2,1-2H3,(H2,19,20,22,24). The summed E-state index contributed by atoms with van der Waals surface area (Å²) in [4.78, 5) is 47.0. The molecule has 26 heavy (non-hydrogen) atoms. The van der Waals surface area contributed by atoms with Crippen molar-refractivity contribution in [1.82, 2.24) is 10.6 Å². The Labute approximate surface area is 153 Å². The third-order valence-electron chi connectivity index (χ3n) is 3.15. The molecular weight excluding hydrogens is 364 g/mol. The number of fused-ring (bicyclic) bond motifs is 1. The van der Waals surface area contributed by atoms with Gasteiger partial charge < -0.3 is 14.5 Å². The van der Waals surface area contributed by atoms with Crippen LogP contribution in [-0.2, 0) is 9.53 Å². The molecule has 0 aliphatic rings. The summed E-state index contributed by atoms with van der Waals surface area (Å²) in [6.07, 6.45) is 0. The number of urea groups is 1. The van der Waals surface area contributed by atoms with E-state index in [-0.39, 0.29) is 22.6 Å². The van der Waals surface area contributed by atoms with Gasteiger partial charge in [0.1, 0.15) is 5.58 Å². The maximum atomic E-state index is 12.0. The molecular formula is C17H17ClN2O6. The predicted molar refractivity (Wildman–Crippen MR) is 94.2 cm³/mol. The number of ether oxygens (including phenoxy) is 1. The number of hydrogen-bond acceptors (Lipinski definition) is 6. The molecule has 1 heterocycles. The van der Waals surface area contributed by atoms with Gasteiger partial charge in [0.2, 0.25) is 5.76 Å². The lowest BCUT2D eigenvalue weighted by Gasteiger charge is -2.09. The van der Waals surface area contributed by atoms with Crippen molar-refractivity contribution in [2.24, 2.45) is 5.92 Å². The van der Waals surface area contributed by atoms with Crippen LogP contribution >= 0.6 is 11.6 Å². The predicted octanol–water partition coefficient (Wildman–Crippen LogP) is 2.08. The first-order valence-electron chi connectivity index (χ1n) is 7.74. The Morgan fingerprint density at radius 2 is 1.96 bits per heavy atom. The van der Waals surface area contributed by atoms with E-state index in [9.17, 15) is 19.2 Å². The fourth-order valence-electron chi connectivity index (χ4n) is 1.94. The van der Waals surface area contributed by atoms with Gasteiger partial charge in [0.15, 0.2) is 12.0 Å². The van der Waals surface area contributed by atoms with Crippen LogP contribution in [0, 0.1) is 5.92 Å². The smallest absolute Gasteiger partial charge is 0.374 e. The average molecular weight is 381 g/mol. The number of carbonyl (C=O) groups excluding carboxylic acids is 3. The van der Waals surface area contributed by atoms with Crippen LogP contribution in [0.25, 0.3) is 11.0 Å². The van der Waals surface area contributed by atoms with Gasteiger partial charge in [-0.15, -0.1) is 0 Å². The number of hydrogen-bond donors (Lipinski definition) is 2. The molecule has 0 bridgehead atoms. The van der Waals surface area contributed by atoms with Crippen molar-refractivity contribution < 1.29 is 23.5 Å². The van der Waals surface area contributed by atoms with E-state index in [0.29, 0.717) is 11.6 Å². The molecule has 138 valence electrons. The molecule has 9 heteroatoms. The minimum absolute atomic E-state index is 0.159. The van der Waals surface area contributed by atoms with Crippen LogP contribution in [0.4, 0.5) is 4.79 Å². The molecule has 2 aromatic rings. The molecule has 2 rings (SSSR count).